The lowest BCUT2D eigenvalue weighted by atomic mass is 10.1. The SMILES string of the molecule is O=C([O-])C(c1ccc(Cl)cc1)S(=O)(=O)c1ccc(Cl)cc1. The maximum Gasteiger partial charge on any atom is 0.190 e. The van der Waals surface area contributed by atoms with Gasteiger partial charge in [0, 0.05) is 10.0 Å². The standard InChI is InChI=1S/C14H10Cl2O4S/c15-10-3-1-9(2-4-10)13(14(17)18)21(19,20)12-7-5-11(16)6-8-12/h1-8,13H,(H,17,18)/p-1. The summed E-state index contributed by atoms with van der Waals surface area (Å²) in [5.41, 5.74) is 0.0781. The van der Waals surface area contributed by atoms with E-state index in [2.05, 4.69) is 0 Å². The number of hydrogen-bond donors (Lipinski definition) is 0. The summed E-state index contributed by atoms with van der Waals surface area (Å²) in [6, 6.07) is 10.8. The van der Waals surface area contributed by atoms with E-state index in [9.17, 15) is 18.3 Å². The van der Waals surface area contributed by atoms with Crippen molar-refractivity contribution < 1.29 is 18.3 Å². The number of carboxylic acids is 1. The highest BCUT2D eigenvalue weighted by Crippen LogP contribution is 2.30. The monoisotopic (exact) mass is 343 g/mol. The highest BCUT2D eigenvalue weighted by atomic mass is 35.5. The number of rotatable bonds is 4. The van der Waals surface area contributed by atoms with Crippen molar-refractivity contribution in [3.05, 3.63) is 64.1 Å². The molecule has 7 heteroatoms. The Bertz CT molecular complexity index is 753. The van der Waals surface area contributed by atoms with E-state index < -0.39 is 21.1 Å². The smallest absolute Gasteiger partial charge is 0.190 e. The van der Waals surface area contributed by atoms with Crippen molar-refractivity contribution in [2.45, 2.75) is 10.1 Å². The number of carboxylic acid groups (broad SMARTS) is 1. The highest BCUT2D eigenvalue weighted by Gasteiger charge is 2.30. The second-order valence-corrected chi connectivity index (χ2v) is 7.16. The van der Waals surface area contributed by atoms with Gasteiger partial charge in [0.1, 0.15) is 5.25 Å². The number of halogens is 2. The van der Waals surface area contributed by atoms with Crippen LogP contribution in [-0.2, 0) is 14.6 Å². The summed E-state index contributed by atoms with van der Waals surface area (Å²) in [7, 11) is -4.15. The van der Waals surface area contributed by atoms with Gasteiger partial charge in [-0.15, -0.1) is 0 Å². The summed E-state index contributed by atoms with van der Waals surface area (Å²) >= 11 is 11.4. The minimum absolute atomic E-state index is 0.0781. The molecule has 0 aliphatic heterocycles. The molecule has 0 N–H and O–H groups in total. The van der Waals surface area contributed by atoms with Gasteiger partial charge in [-0.25, -0.2) is 8.42 Å². The summed E-state index contributed by atoms with van der Waals surface area (Å²) in [5, 5.41) is 10.2. The number of carbonyl (C=O) groups is 1. The third-order valence-electron chi connectivity index (χ3n) is 2.84. The van der Waals surface area contributed by atoms with E-state index in [1.807, 2.05) is 0 Å². The molecular weight excluding hydrogens is 335 g/mol. The Kier molecular flexibility index (Phi) is 4.56. The molecule has 2 aromatic carbocycles. The van der Waals surface area contributed by atoms with Crippen LogP contribution in [0.4, 0.5) is 0 Å². The lowest BCUT2D eigenvalue weighted by Crippen LogP contribution is -2.34. The quantitative estimate of drug-likeness (QED) is 0.853. The van der Waals surface area contributed by atoms with Gasteiger partial charge >= 0.3 is 0 Å². The molecular formula is C14H9Cl2O4S-. The fourth-order valence-corrected chi connectivity index (χ4v) is 3.65. The zero-order valence-electron chi connectivity index (χ0n) is 10.5. The molecule has 1 atom stereocenters. The Labute approximate surface area is 131 Å². The second kappa shape index (κ2) is 6.05. The summed E-state index contributed by atoms with van der Waals surface area (Å²) in [6.07, 6.45) is 0. The molecule has 0 heterocycles. The molecule has 21 heavy (non-hydrogen) atoms. The fourth-order valence-electron chi connectivity index (χ4n) is 1.84. The minimum atomic E-state index is -4.15. The summed E-state index contributed by atoms with van der Waals surface area (Å²) in [5.74, 6) is -1.70. The molecule has 0 amide bonds. The van der Waals surface area contributed by atoms with Gasteiger partial charge in [-0.2, -0.15) is 0 Å². The molecule has 0 radical (unpaired) electrons. The van der Waals surface area contributed by atoms with Gasteiger partial charge < -0.3 is 9.90 Å². The molecule has 2 aromatic rings. The summed E-state index contributed by atoms with van der Waals surface area (Å²) < 4.78 is 24.9. The number of aliphatic carboxylic acids is 1. The Balaban J connectivity index is 2.54. The Morgan fingerprint density at radius 2 is 1.33 bits per heavy atom. The van der Waals surface area contributed by atoms with Crippen molar-refractivity contribution in [1.82, 2.24) is 0 Å². The predicted octanol–water partition coefficient (Wildman–Crippen LogP) is 2.26. The van der Waals surface area contributed by atoms with Crippen LogP contribution in [0.3, 0.4) is 0 Å². The second-order valence-electron chi connectivity index (χ2n) is 4.25. The number of benzene rings is 2. The predicted molar refractivity (Wildman–Crippen MR) is 77.8 cm³/mol. The van der Waals surface area contributed by atoms with Crippen LogP contribution in [0, 0.1) is 0 Å². The first-order valence-corrected chi connectivity index (χ1v) is 8.08. The zero-order valence-corrected chi connectivity index (χ0v) is 12.8. The van der Waals surface area contributed by atoms with Crippen LogP contribution in [0.25, 0.3) is 0 Å². The molecule has 110 valence electrons. The van der Waals surface area contributed by atoms with E-state index in [1.54, 1.807) is 0 Å². The molecule has 0 fully saturated rings. The third-order valence-corrected chi connectivity index (χ3v) is 5.36. The number of hydrogen-bond acceptors (Lipinski definition) is 4. The number of sulfone groups is 1. The summed E-state index contributed by atoms with van der Waals surface area (Å²) in [6.45, 7) is 0. The van der Waals surface area contributed by atoms with Crippen molar-refractivity contribution in [2.24, 2.45) is 0 Å². The van der Waals surface area contributed by atoms with E-state index in [4.69, 9.17) is 23.2 Å². The summed E-state index contributed by atoms with van der Waals surface area (Å²) in [4.78, 5) is 11.2. The third kappa shape index (κ3) is 3.37. The molecule has 0 saturated heterocycles. The van der Waals surface area contributed by atoms with E-state index in [0.717, 1.165) is 0 Å². The van der Waals surface area contributed by atoms with E-state index >= 15 is 0 Å². The maximum absolute atomic E-state index is 12.5. The van der Waals surface area contributed by atoms with Crippen molar-refractivity contribution in [2.75, 3.05) is 0 Å². The van der Waals surface area contributed by atoms with E-state index in [1.165, 1.54) is 48.5 Å². The molecule has 0 aromatic heterocycles. The van der Waals surface area contributed by atoms with Gasteiger partial charge in [0.15, 0.2) is 9.84 Å². The van der Waals surface area contributed by atoms with Crippen molar-refractivity contribution in [3.63, 3.8) is 0 Å². The Hall–Kier alpha value is -1.56. The molecule has 0 spiro atoms. The molecule has 1 unspecified atom stereocenters. The van der Waals surface area contributed by atoms with Gasteiger partial charge in [0.2, 0.25) is 0 Å². The van der Waals surface area contributed by atoms with Gasteiger partial charge in [0.05, 0.1) is 10.9 Å². The average molecular weight is 344 g/mol. The van der Waals surface area contributed by atoms with Crippen LogP contribution in [-0.4, -0.2) is 14.4 Å². The molecule has 0 bridgehead atoms. The van der Waals surface area contributed by atoms with Crippen LogP contribution in [0.2, 0.25) is 10.0 Å². The normalized spacial score (nSPS) is 12.9. The van der Waals surface area contributed by atoms with Crippen LogP contribution < -0.4 is 5.11 Å². The van der Waals surface area contributed by atoms with Crippen molar-refractivity contribution in [3.8, 4) is 0 Å². The first kappa shape index (κ1) is 15.8. The largest absolute Gasteiger partial charge is 0.548 e. The molecule has 4 nitrogen and oxygen atoms in total. The van der Waals surface area contributed by atoms with Crippen LogP contribution >= 0.6 is 23.2 Å². The minimum Gasteiger partial charge on any atom is -0.548 e. The van der Waals surface area contributed by atoms with Crippen LogP contribution in [0.15, 0.2) is 53.4 Å². The lowest BCUT2D eigenvalue weighted by molar-refractivity contribution is -0.305. The zero-order chi connectivity index (χ0) is 15.6. The highest BCUT2D eigenvalue weighted by molar-refractivity contribution is 7.92. The Morgan fingerprint density at radius 1 is 0.905 bits per heavy atom. The van der Waals surface area contributed by atoms with Crippen LogP contribution in [0.1, 0.15) is 10.8 Å². The first-order chi connectivity index (χ1) is 9.82. The molecule has 0 aliphatic rings. The average Bonchev–Trinajstić information content (AvgIpc) is 2.41. The molecule has 0 saturated carbocycles. The maximum atomic E-state index is 12.5. The Morgan fingerprint density at radius 3 is 1.76 bits per heavy atom. The van der Waals surface area contributed by atoms with Gasteiger partial charge in [-0.3, -0.25) is 0 Å². The van der Waals surface area contributed by atoms with Crippen molar-refractivity contribution in [1.29, 1.82) is 0 Å². The van der Waals surface area contributed by atoms with Gasteiger partial charge in [-0.1, -0.05) is 35.3 Å². The first-order valence-electron chi connectivity index (χ1n) is 5.78. The van der Waals surface area contributed by atoms with Crippen molar-refractivity contribution >= 4 is 39.0 Å². The molecule has 0 aliphatic carbocycles. The van der Waals surface area contributed by atoms with Gasteiger partial charge in [-0.05, 0) is 42.0 Å². The van der Waals surface area contributed by atoms with E-state index in [0.29, 0.717) is 10.0 Å². The number of carbonyl (C=O) groups excluding carboxylic acids is 1. The lowest BCUT2D eigenvalue weighted by Gasteiger charge is -2.19. The molecule has 2 rings (SSSR count). The topological polar surface area (TPSA) is 74.3 Å². The van der Waals surface area contributed by atoms with Gasteiger partial charge in [0.25, 0.3) is 0 Å². The van der Waals surface area contributed by atoms with Crippen LogP contribution in [0.5, 0.6) is 0 Å². The van der Waals surface area contributed by atoms with E-state index in [-0.39, 0.29) is 10.5 Å². The fraction of sp³-hybridized carbons (Fsp3) is 0.0714.